The molecule has 1 aliphatic heterocycles. The largest absolute Gasteiger partial charge is 0.416 e. The van der Waals surface area contributed by atoms with Crippen molar-refractivity contribution in [3.8, 4) is 0 Å². The fourth-order valence-corrected chi connectivity index (χ4v) is 2.97. The van der Waals surface area contributed by atoms with Crippen molar-refractivity contribution in [2.75, 3.05) is 26.7 Å². The number of rotatable bonds is 3. The topological polar surface area (TPSA) is 32.3 Å². The Balaban J connectivity index is 0.00000338. The Kier molecular flexibility index (Phi) is 7.35. The van der Waals surface area contributed by atoms with Crippen molar-refractivity contribution in [3.05, 3.63) is 34.9 Å². The normalized spacial score (nSPS) is 18.4. The predicted molar refractivity (Wildman–Crippen MR) is 86.2 cm³/mol. The van der Waals surface area contributed by atoms with Gasteiger partial charge in [0.25, 0.3) is 5.91 Å². The van der Waals surface area contributed by atoms with Crippen LogP contribution in [0.25, 0.3) is 0 Å². The van der Waals surface area contributed by atoms with Crippen molar-refractivity contribution in [1.82, 2.24) is 10.2 Å². The average molecular weight is 405 g/mol. The molecule has 1 aromatic rings. The second-order valence-corrected chi connectivity index (χ2v) is 6.11. The number of amides is 1. The summed E-state index contributed by atoms with van der Waals surface area (Å²) in [6.07, 6.45) is -8.43. The maximum Gasteiger partial charge on any atom is 0.416 e. The van der Waals surface area contributed by atoms with Gasteiger partial charge < -0.3 is 10.2 Å². The third-order valence-corrected chi connectivity index (χ3v) is 4.13. The van der Waals surface area contributed by atoms with Crippen molar-refractivity contribution in [2.24, 2.45) is 5.92 Å². The van der Waals surface area contributed by atoms with Gasteiger partial charge in [-0.3, -0.25) is 4.79 Å². The van der Waals surface area contributed by atoms with Gasteiger partial charge in [0.05, 0.1) is 11.1 Å². The predicted octanol–water partition coefficient (Wildman–Crippen LogP) is 4.22. The molecule has 1 N–H and O–H groups in total. The lowest BCUT2D eigenvalue weighted by Gasteiger charge is -2.33. The van der Waals surface area contributed by atoms with Crippen LogP contribution >= 0.6 is 12.4 Å². The van der Waals surface area contributed by atoms with E-state index in [1.807, 2.05) is 0 Å². The van der Waals surface area contributed by atoms with Crippen LogP contribution in [0.3, 0.4) is 0 Å². The molecule has 3 nitrogen and oxygen atoms in total. The highest BCUT2D eigenvalue weighted by Gasteiger charge is 2.38. The molecular formula is C16H19ClF6N2O. The summed E-state index contributed by atoms with van der Waals surface area (Å²) in [5.41, 5.74) is -3.55. The number of halogens is 7. The monoisotopic (exact) mass is 404 g/mol. The van der Waals surface area contributed by atoms with Crippen molar-refractivity contribution in [2.45, 2.75) is 25.2 Å². The molecule has 2 rings (SSSR count). The standard InChI is InChI=1S/C16H18F6N2O.ClH/c1-23-8-10-3-2-4-24(9-10)14(25)11-5-12(15(17,18)19)7-13(6-11)16(20,21)22;/h5-7,10,23H,2-4,8-9H2,1H3;1H. The highest BCUT2D eigenvalue weighted by atomic mass is 35.5. The number of carbonyl (C=O) groups is 1. The highest BCUT2D eigenvalue weighted by molar-refractivity contribution is 5.94. The Morgan fingerprint density at radius 2 is 1.65 bits per heavy atom. The van der Waals surface area contributed by atoms with Gasteiger partial charge in [-0.05, 0) is 50.6 Å². The molecule has 1 aromatic carbocycles. The second-order valence-electron chi connectivity index (χ2n) is 6.11. The Bertz CT molecular complexity index is 598. The number of alkyl halides is 6. The Hall–Kier alpha value is -1.48. The van der Waals surface area contributed by atoms with Gasteiger partial charge in [-0.1, -0.05) is 0 Å². The van der Waals surface area contributed by atoms with Gasteiger partial charge in [-0.2, -0.15) is 26.3 Å². The molecule has 1 atom stereocenters. The van der Waals surface area contributed by atoms with E-state index in [2.05, 4.69) is 5.32 Å². The molecule has 1 amide bonds. The zero-order valence-corrected chi connectivity index (χ0v) is 14.7. The van der Waals surface area contributed by atoms with Crippen molar-refractivity contribution in [3.63, 3.8) is 0 Å². The van der Waals surface area contributed by atoms with Crippen LogP contribution in [0.4, 0.5) is 26.3 Å². The minimum atomic E-state index is -4.97. The van der Waals surface area contributed by atoms with E-state index in [0.29, 0.717) is 38.2 Å². The molecule has 0 radical (unpaired) electrons. The molecule has 0 aliphatic carbocycles. The SMILES string of the molecule is CNCC1CCCN(C(=O)c2cc(C(F)(F)F)cc(C(F)(F)F)c2)C1.Cl. The van der Waals surface area contributed by atoms with Crippen LogP contribution in [0.15, 0.2) is 18.2 Å². The van der Waals surface area contributed by atoms with Crippen LogP contribution in [0, 0.1) is 5.92 Å². The molecule has 1 heterocycles. The molecule has 1 saturated heterocycles. The maximum absolute atomic E-state index is 12.9. The fraction of sp³-hybridized carbons (Fsp3) is 0.562. The van der Waals surface area contributed by atoms with E-state index in [9.17, 15) is 31.1 Å². The molecule has 26 heavy (non-hydrogen) atoms. The van der Waals surface area contributed by atoms with E-state index in [-0.39, 0.29) is 24.4 Å². The number of piperidine rings is 1. The lowest BCUT2D eigenvalue weighted by atomic mass is 9.96. The number of hydrogen-bond donors (Lipinski definition) is 1. The molecule has 0 saturated carbocycles. The first-order valence-electron chi connectivity index (χ1n) is 7.75. The Morgan fingerprint density at radius 3 is 2.12 bits per heavy atom. The van der Waals surface area contributed by atoms with Gasteiger partial charge in [-0.15, -0.1) is 12.4 Å². The fourth-order valence-electron chi connectivity index (χ4n) is 2.97. The number of nitrogens with one attached hydrogen (secondary N) is 1. The average Bonchev–Trinajstić information content (AvgIpc) is 2.52. The first-order chi connectivity index (χ1) is 11.5. The Labute approximate surface area is 153 Å². The summed E-state index contributed by atoms with van der Waals surface area (Å²) < 4.78 is 77.4. The number of nitrogens with zero attached hydrogens (tertiary/aromatic N) is 1. The summed E-state index contributed by atoms with van der Waals surface area (Å²) in [5, 5.41) is 2.96. The molecule has 1 fully saturated rings. The van der Waals surface area contributed by atoms with Crippen LogP contribution in [-0.4, -0.2) is 37.5 Å². The van der Waals surface area contributed by atoms with Gasteiger partial charge in [-0.25, -0.2) is 0 Å². The highest BCUT2D eigenvalue weighted by Crippen LogP contribution is 2.36. The number of likely N-dealkylation sites (tertiary alicyclic amines) is 1. The van der Waals surface area contributed by atoms with Crippen LogP contribution in [0.1, 0.15) is 34.3 Å². The van der Waals surface area contributed by atoms with E-state index >= 15 is 0 Å². The summed E-state index contributed by atoms with van der Waals surface area (Å²) >= 11 is 0. The summed E-state index contributed by atoms with van der Waals surface area (Å²) in [4.78, 5) is 13.8. The quantitative estimate of drug-likeness (QED) is 0.765. The number of carbonyl (C=O) groups excluding carboxylic acids is 1. The van der Waals surface area contributed by atoms with Gasteiger partial charge in [0.1, 0.15) is 0 Å². The molecule has 0 spiro atoms. The molecule has 148 valence electrons. The molecule has 1 aliphatic rings. The lowest BCUT2D eigenvalue weighted by molar-refractivity contribution is -0.143. The van der Waals surface area contributed by atoms with Crippen LogP contribution in [0.5, 0.6) is 0 Å². The van der Waals surface area contributed by atoms with Crippen LogP contribution in [0.2, 0.25) is 0 Å². The molecular weight excluding hydrogens is 386 g/mol. The molecule has 0 aromatic heterocycles. The molecule has 10 heteroatoms. The summed E-state index contributed by atoms with van der Waals surface area (Å²) in [5.74, 6) is -0.687. The second kappa shape index (κ2) is 8.47. The maximum atomic E-state index is 12.9. The van der Waals surface area contributed by atoms with Gasteiger partial charge in [0, 0.05) is 18.7 Å². The number of hydrogen-bond acceptors (Lipinski definition) is 2. The molecule has 0 bridgehead atoms. The van der Waals surface area contributed by atoms with Gasteiger partial charge >= 0.3 is 12.4 Å². The van der Waals surface area contributed by atoms with E-state index in [1.165, 1.54) is 4.90 Å². The van der Waals surface area contributed by atoms with Crippen LogP contribution < -0.4 is 5.32 Å². The molecule has 1 unspecified atom stereocenters. The first kappa shape index (κ1) is 22.6. The van der Waals surface area contributed by atoms with Gasteiger partial charge in [0.2, 0.25) is 0 Å². The van der Waals surface area contributed by atoms with Crippen molar-refractivity contribution in [1.29, 1.82) is 0 Å². The third kappa shape index (κ3) is 5.51. The summed E-state index contributed by atoms with van der Waals surface area (Å²) in [7, 11) is 1.74. The zero-order valence-electron chi connectivity index (χ0n) is 13.9. The lowest BCUT2D eigenvalue weighted by Crippen LogP contribution is -2.42. The summed E-state index contributed by atoms with van der Waals surface area (Å²) in [6, 6.07) is 0.995. The zero-order chi connectivity index (χ0) is 18.8. The van der Waals surface area contributed by atoms with Gasteiger partial charge in [0.15, 0.2) is 0 Å². The third-order valence-electron chi connectivity index (χ3n) is 4.13. The van der Waals surface area contributed by atoms with E-state index in [4.69, 9.17) is 0 Å². The minimum absolute atomic E-state index is 0. The number of benzene rings is 1. The van der Waals surface area contributed by atoms with Crippen LogP contribution in [-0.2, 0) is 12.4 Å². The van der Waals surface area contributed by atoms with E-state index < -0.39 is 35.0 Å². The van der Waals surface area contributed by atoms with E-state index in [1.54, 1.807) is 7.05 Å². The van der Waals surface area contributed by atoms with E-state index in [0.717, 1.165) is 6.42 Å². The summed E-state index contributed by atoms with van der Waals surface area (Å²) in [6.45, 7) is 1.24. The Morgan fingerprint density at radius 1 is 1.12 bits per heavy atom. The van der Waals surface area contributed by atoms with Crippen molar-refractivity contribution >= 4 is 18.3 Å². The smallest absolute Gasteiger partial charge is 0.338 e. The minimum Gasteiger partial charge on any atom is -0.338 e. The van der Waals surface area contributed by atoms with Crippen molar-refractivity contribution < 1.29 is 31.1 Å². The first-order valence-corrected chi connectivity index (χ1v) is 7.75.